The van der Waals surface area contributed by atoms with Gasteiger partial charge in [0.2, 0.25) is 0 Å². The molecule has 0 saturated heterocycles. The first kappa shape index (κ1) is 22.5. The van der Waals surface area contributed by atoms with E-state index < -0.39 is 0 Å². The average molecular weight is 427 g/mol. The second kappa shape index (κ2) is 6.64. The van der Waals surface area contributed by atoms with Gasteiger partial charge in [0, 0.05) is 5.41 Å². The molecule has 9 atom stereocenters. The highest BCUT2D eigenvalue weighted by atomic mass is 16.3. The van der Waals surface area contributed by atoms with Gasteiger partial charge in [0.25, 0.3) is 0 Å². The summed E-state index contributed by atoms with van der Waals surface area (Å²) in [6.07, 6.45) is 14.6. The van der Waals surface area contributed by atoms with E-state index in [1.807, 2.05) is 0 Å². The summed E-state index contributed by atoms with van der Waals surface area (Å²) in [6.45, 7) is 20.4. The van der Waals surface area contributed by atoms with Crippen molar-refractivity contribution < 1.29 is 5.11 Å². The quantitative estimate of drug-likeness (QED) is 0.421. The largest absolute Gasteiger partial charge is 0.392 e. The molecule has 0 aromatic rings. The molecule has 0 amide bonds. The molecular formula is C30H50O. The van der Waals surface area contributed by atoms with Crippen molar-refractivity contribution in [3.8, 4) is 0 Å². The van der Waals surface area contributed by atoms with Crippen LogP contribution in [0.3, 0.4) is 0 Å². The lowest BCUT2D eigenvalue weighted by Gasteiger charge is -2.71. The minimum atomic E-state index is -0.165. The normalized spacial score (nSPS) is 55.7. The molecule has 31 heavy (non-hydrogen) atoms. The van der Waals surface area contributed by atoms with Crippen molar-refractivity contribution in [3.05, 3.63) is 11.6 Å². The Kier molecular flexibility index (Phi) is 4.82. The zero-order valence-electron chi connectivity index (χ0n) is 21.9. The fraction of sp³-hybridized carbons (Fsp3) is 0.933. The lowest BCUT2D eigenvalue weighted by molar-refractivity contribution is -0.214. The van der Waals surface area contributed by atoms with Crippen molar-refractivity contribution in [3.63, 3.8) is 0 Å². The van der Waals surface area contributed by atoms with E-state index in [2.05, 4.69) is 61.5 Å². The van der Waals surface area contributed by atoms with Crippen LogP contribution < -0.4 is 0 Å². The van der Waals surface area contributed by atoms with Crippen molar-refractivity contribution in [1.29, 1.82) is 0 Å². The summed E-state index contributed by atoms with van der Waals surface area (Å²) in [6, 6.07) is 0. The van der Waals surface area contributed by atoms with Gasteiger partial charge in [-0.1, -0.05) is 67.0 Å². The topological polar surface area (TPSA) is 20.2 Å². The minimum Gasteiger partial charge on any atom is -0.392 e. The minimum absolute atomic E-state index is 0.0420. The van der Waals surface area contributed by atoms with Crippen molar-refractivity contribution >= 4 is 0 Å². The number of aliphatic hydroxyl groups is 1. The van der Waals surface area contributed by atoms with E-state index in [1.165, 1.54) is 51.4 Å². The molecule has 5 rings (SSSR count). The van der Waals surface area contributed by atoms with Crippen LogP contribution >= 0.6 is 0 Å². The van der Waals surface area contributed by atoms with Crippen LogP contribution in [0.2, 0.25) is 0 Å². The Morgan fingerprint density at radius 2 is 1.39 bits per heavy atom. The van der Waals surface area contributed by atoms with E-state index in [-0.39, 0.29) is 11.5 Å². The maximum atomic E-state index is 10.8. The number of hydrogen-bond acceptors (Lipinski definition) is 1. The Morgan fingerprint density at radius 1 is 0.774 bits per heavy atom. The molecule has 5 aliphatic carbocycles. The van der Waals surface area contributed by atoms with Crippen LogP contribution in [0.15, 0.2) is 11.6 Å². The van der Waals surface area contributed by atoms with Crippen molar-refractivity contribution in [1.82, 2.24) is 0 Å². The van der Waals surface area contributed by atoms with Crippen molar-refractivity contribution in [2.75, 3.05) is 0 Å². The van der Waals surface area contributed by atoms with Gasteiger partial charge in [-0.3, -0.25) is 0 Å². The molecule has 4 saturated carbocycles. The first-order valence-electron chi connectivity index (χ1n) is 13.7. The maximum absolute atomic E-state index is 10.8. The zero-order chi connectivity index (χ0) is 22.6. The molecular weight excluding hydrogens is 376 g/mol. The summed E-state index contributed by atoms with van der Waals surface area (Å²) in [5, 5.41) is 10.8. The summed E-state index contributed by atoms with van der Waals surface area (Å²) < 4.78 is 0. The van der Waals surface area contributed by atoms with E-state index in [9.17, 15) is 5.11 Å². The highest BCUT2D eigenvalue weighted by Crippen LogP contribution is 2.77. The van der Waals surface area contributed by atoms with Gasteiger partial charge in [0.15, 0.2) is 0 Å². The summed E-state index contributed by atoms with van der Waals surface area (Å²) in [7, 11) is 0. The van der Waals surface area contributed by atoms with Crippen LogP contribution in [0.5, 0.6) is 0 Å². The standard InChI is InChI=1S/C30H50O/c1-19(2)20-9-12-23-27(20,5)15-17-30(8)24-13-10-21-22(11-14-25(31)26(21,3)4)28(24,6)16-18-29(23,30)7/h10,19-20,22-25,31H,9,11-18H2,1-8H3/t20-,22-,23-,24?,25+,27-,28+,29+,30-/m1/s1. The Hall–Kier alpha value is -0.300. The Bertz CT molecular complexity index is 777. The molecule has 5 aliphatic rings. The first-order valence-corrected chi connectivity index (χ1v) is 13.7. The fourth-order valence-corrected chi connectivity index (χ4v) is 11.2. The molecule has 0 radical (unpaired) electrons. The molecule has 1 unspecified atom stereocenters. The van der Waals surface area contributed by atoms with Crippen molar-refractivity contribution in [2.24, 2.45) is 56.7 Å². The number of hydrogen-bond donors (Lipinski definition) is 1. The van der Waals surface area contributed by atoms with Gasteiger partial charge in [0.1, 0.15) is 0 Å². The Labute approximate surface area is 192 Å². The molecule has 0 aromatic carbocycles. The summed E-state index contributed by atoms with van der Waals surface area (Å²) in [5.41, 5.74) is 3.49. The fourth-order valence-electron chi connectivity index (χ4n) is 11.2. The van der Waals surface area contributed by atoms with Gasteiger partial charge in [-0.15, -0.1) is 0 Å². The van der Waals surface area contributed by atoms with Gasteiger partial charge in [0.05, 0.1) is 6.10 Å². The zero-order valence-corrected chi connectivity index (χ0v) is 21.9. The van der Waals surface area contributed by atoms with Crippen LogP contribution in [0, 0.1) is 56.7 Å². The highest BCUT2D eigenvalue weighted by molar-refractivity contribution is 5.30. The monoisotopic (exact) mass is 426 g/mol. The lowest BCUT2D eigenvalue weighted by Crippen LogP contribution is -2.64. The summed E-state index contributed by atoms with van der Waals surface area (Å²) >= 11 is 0. The van der Waals surface area contributed by atoms with Crippen LogP contribution in [-0.4, -0.2) is 11.2 Å². The number of rotatable bonds is 1. The smallest absolute Gasteiger partial charge is 0.0628 e. The SMILES string of the molecule is CC(C)[C@H]1CC[C@@H]2[C@]1(C)CC[C@]1(C)C3CC=C4[C@@H](CC[C@H](O)C4(C)C)[C@]3(C)CC[C@@]21C. The van der Waals surface area contributed by atoms with E-state index in [0.29, 0.717) is 27.6 Å². The molecule has 1 heteroatoms. The maximum Gasteiger partial charge on any atom is 0.0628 e. The van der Waals surface area contributed by atoms with Crippen LogP contribution in [0.1, 0.15) is 113 Å². The third-order valence-corrected chi connectivity index (χ3v) is 13.3. The van der Waals surface area contributed by atoms with Crippen LogP contribution in [0.4, 0.5) is 0 Å². The van der Waals surface area contributed by atoms with Crippen LogP contribution in [-0.2, 0) is 0 Å². The number of fused-ring (bicyclic) bond motifs is 7. The molecule has 0 spiro atoms. The van der Waals surface area contributed by atoms with E-state index >= 15 is 0 Å². The lowest BCUT2D eigenvalue weighted by atomic mass is 9.33. The third kappa shape index (κ3) is 2.60. The summed E-state index contributed by atoms with van der Waals surface area (Å²) in [4.78, 5) is 0. The van der Waals surface area contributed by atoms with Crippen LogP contribution in [0.25, 0.3) is 0 Å². The predicted molar refractivity (Wildman–Crippen MR) is 131 cm³/mol. The average Bonchev–Trinajstić information content (AvgIpc) is 3.05. The molecule has 0 aliphatic heterocycles. The Morgan fingerprint density at radius 3 is 2.03 bits per heavy atom. The van der Waals surface area contributed by atoms with Gasteiger partial charge in [-0.2, -0.15) is 0 Å². The first-order chi connectivity index (χ1) is 14.3. The molecule has 1 nitrogen and oxygen atoms in total. The molecule has 4 fully saturated rings. The van der Waals surface area contributed by atoms with Gasteiger partial charge < -0.3 is 5.11 Å². The Balaban J connectivity index is 1.55. The van der Waals surface area contributed by atoms with Gasteiger partial charge in [-0.05, 0) is 109 Å². The second-order valence-electron chi connectivity index (χ2n) is 14.6. The predicted octanol–water partition coefficient (Wildman–Crippen LogP) is 8.02. The molecule has 1 N–H and O–H groups in total. The second-order valence-corrected chi connectivity index (χ2v) is 14.6. The third-order valence-electron chi connectivity index (χ3n) is 13.3. The van der Waals surface area contributed by atoms with E-state index in [4.69, 9.17) is 0 Å². The molecule has 0 bridgehead atoms. The van der Waals surface area contributed by atoms with Gasteiger partial charge in [-0.25, -0.2) is 0 Å². The molecule has 176 valence electrons. The van der Waals surface area contributed by atoms with Crippen molar-refractivity contribution in [2.45, 2.75) is 119 Å². The molecule has 0 heterocycles. The van der Waals surface area contributed by atoms with E-state index in [0.717, 1.165) is 30.1 Å². The summed E-state index contributed by atoms with van der Waals surface area (Å²) in [5.74, 6) is 4.15. The number of aliphatic hydroxyl groups excluding tert-OH is 1. The number of allylic oxidation sites excluding steroid dienone is 1. The van der Waals surface area contributed by atoms with E-state index in [1.54, 1.807) is 5.57 Å². The molecule has 0 aromatic heterocycles. The highest BCUT2D eigenvalue weighted by Gasteiger charge is 2.70. The van der Waals surface area contributed by atoms with Gasteiger partial charge >= 0.3 is 0 Å².